The molecule has 0 aromatic heterocycles. The number of nitrogens with one attached hydrogen (secondary N) is 1. The first-order valence-corrected chi connectivity index (χ1v) is 6.43. The molecule has 0 spiro atoms. The zero-order valence-electron chi connectivity index (χ0n) is 10.2. The van der Waals surface area contributed by atoms with Gasteiger partial charge in [0.25, 0.3) is 5.91 Å². The van der Waals surface area contributed by atoms with Gasteiger partial charge in [-0.25, -0.2) is 0 Å². The lowest BCUT2D eigenvalue weighted by Gasteiger charge is -2.09. The van der Waals surface area contributed by atoms with Crippen molar-refractivity contribution in [1.82, 2.24) is 0 Å². The van der Waals surface area contributed by atoms with Gasteiger partial charge in [0.05, 0.1) is 12.3 Å². The minimum atomic E-state index is -0.166. The summed E-state index contributed by atoms with van der Waals surface area (Å²) in [5, 5.41) is 3.48. The molecular formula is C15H12ClNO2. The molecule has 0 atom stereocenters. The molecule has 0 fully saturated rings. The van der Waals surface area contributed by atoms with Gasteiger partial charge in [-0.1, -0.05) is 23.7 Å². The molecule has 2 aromatic carbocycles. The molecule has 1 N–H and O–H groups in total. The number of carbonyl (C=O) groups is 1. The largest absolute Gasteiger partial charge is 0.491 e. The number of para-hydroxylation sites is 1. The van der Waals surface area contributed by atoms with Crippen molar-refractivity contribution in [2.24, 2.45) is 0 Å². The number of ether oxygens (including phenoxy) is 1. The molecule has 1 aliphatic rings. The number of fused-ring (bicyclic) bond motifs is 1. The lowest BCUT2D eigenvalue weighted by atomic mass is 10.1. The molecule has 3 nitrogen and oxygen atoms in total. The molecule has 19 heavy (non-hydrogen) atoms. The van der Waals surface area contributed by atoms with Crippen LogP contribution in [0.2, 0.25) is 5.02 Å². The SMILES string of the molecule is O=C(Nc1cccc2c1OCC2)c1ccc(Cl)cc1. The summed E-state index contributed by atoms with van der Waals surface area (Å²) < 4.78 is 5.55. The van der Waals surface area contributed by atoms with Crippen molar-refractivity contribution in [3.05, 3.63) is 58.6 Å². The van der Waals surface area contributed by atoms with Gasteiger partial charge in [0, 0.05) is 17.0 Å². The smallest absolute Gasteiger partial charge is 0.255 e. The van der Waals surface area contributed by atoms with Crippen molar-refractivity contribution in [1.29, 1.82) is 0 Å². The van der Waals surface area contributed by atoms with Crippen molar-refractivity contribution < 1.29 is 9.53 Å². The van der Waals surface area contributed by atoms with E-state index in [-0.39, 0.29) is 5.91 Å². The molecule has 1 aliphatic heterocycles. The number of carbonyl (C=O) groups excluding carboxylic acids is 1. The zero-order chi connectivity index (χ0) is 13.2. The zero-order valence-corrected chi connectivity index (χ0v) is 10.9. The molecular weight excluding hydrogens is 262 g/mol. The highest BCUT2D eigenvalue weighted by Crippen LogP contribution is 2.33. The summed E-state index contributed by atoms with van der Waals surface area (Å²) in [5.74, 6) is 0.616. The Bertz CT molecular complexity index is 623. The predicted molar refractivity (Wildman–Crippen MR) is 75.0 cm³/mol. The van der Waals surface area contributed by atoms with Crippen LogP contribution in [-0.4, -0.2) is 12.5 Å². The van der Waals surface area contributed by atoms with Gasteiger partial charge in [-0.15, -0.1) is 0 Å². The van der Waals surface area contributed by atoms with Crippen molar-refractivity contribution in [3.8, 4) is 5.75 Å². The van der Waals surface area contributed by atoms with Crippen molar-refractivity contribution >= 4 is 23.2 Å². The fourth-order valence-electron chi connectivity index (χ4n) is 2.11. The summed E-state index contributed by atoms with van der Waals surface area (Å²) in [6, 6.07) is 12.6. The Morgan fingerprint density at radius 2 is 1.95 bits per heavy atom. The molecule has 0 saturated carbocycles. The molecule has 1 heterocycles. The summed E-state index contributed by atoms with van der Waals surface area (Å²) in [7, 11) is 0. The first-order chi connectivity index (χ1) is 9.24. The van der Waals surface area contributed by atoms with E-state index >= 15 is 0 Å². The van der Waals surface area contributed by atoms with E-state index < -0.39 is 0 Å². The lowest BCUT2D eigenvalue weighted by Crippen LogP contribution is -2.12. The molecule has 0 aliphatic carbocycles. The number of hydrogen-bond acceptors (Lipinski definition) is 2. The second kappa shape index (κ2) is 4.94. The highest BCUT2D eigenvalue weighted by Gasteiger charge is 2.17. The quantitative estimate of drug-likeness (QED) is 0.909. The van der Waals surface area contributed by atoms with Gasteiger partial charge in [0.2, 0.25) is 0 Å². The van der Waals surface area contributed by atoms with Crippen LogP contribution in [0, 0.1) is 0 Å². The Balaban J connectivity index is 1.84. The average Bonchev–Trinajstić information content (AvgIpc) is 2.89. The lowest BCUT2D eigenvalue weighted by molar-refractivity contribution is 0.102. The number of rotatable bonds is 2. The van der Waals surface area contributed by atoms with Gasteiger partial charge in [-0.05, 0) is 35.9 Å². The first-order valence-electron chi connectivity index (χ1n) is 6.05. The standard InChI is InChI=1S/C15H12ClNO2/c16-12-6-4-11(5-7-12)15(18)17-13-3-1-2-10-8-9-19-14(10)13/h1-7H,8-9H2,(H,17,18). The predicted octanol–water partition coefficient (Wildman–Crippen LogP) is 3.53. The Morgan fingerprint density at radius 1 is 1.16 bits per heavy atom. The Morgan fingerprint density at radius 3 is 2.74 bits per heavy atom. The maximum Gasteiger partial charge on any atom is 0.255 e. The van der Waals surface area contributed by atoms with Gasteiger partial charge in [-0.3, -0.25) is 4.79 Å². The van der Waals surface area contributed by atoms with E-state index in [9.17, 15) is 4.79 Å². The summed E-state index contributed by atoms with van der Waals surface area (Å²) in [6.45, 7) is 0.670. The molecule has 0 bridgehead atoms. The number of anilines is 1. The van der Waals surface area contributed by atoms with E-state index in [0.29, 0.717) is 17.2 Å². The van der Waals surface area contributed by atoms with Gasteiger partial charge >= 0.3 is 0 Å². The van der Waals surface area contributed by atoms with Crippen LogP contribution in [0.1, 0.15) is 15.9 Å². The summed E-state index contributed by atoms with van der Waals surface area (Å²) in [4.78, 5) is 12.1. The Kier molecular flexibility index (Phi) is 3.13. The van der Waals surface area contributed by atoms with Crippen LogP contribution < -0.4 is 10.1 Å². The maximum absolute atomic E-state index is 12.1. The number of benzene rings is 2. The second-order valence-electron chi connectivity index (χ2n) is 4.35. The Hall–Kier alpha value is -2.00. The van der Waals surface area contributed by atoms with Gasteiger partial charge in [0.15, 0.2) is 0 Å². The highest BCUT2D eigenvalue weighted by molar-refractivity contribution is 6.30. The number of amides is 1. The van der Waals surface area contributed by atoms with E-state index in [2.05, 4.69) is 5.32 Å². The third-order valence-corrected chi connectivity index (χ3v) is 3.32. The Labute approximate surface area is 116 Å². The summed E-state index contributed by atoms with van der Waals surface area (Å²) in [6.07, 6.45) is 0.889. The van der Waals surface area contributed by atoms with Crippen LogP contribution in [0.25, 0.3) is 0 Å². The van der Waals surface area contributed by atoms with E-state index in [1.807, 2.05) is 18.2 Å². The van der Waals surface area contributed by atoms with Gasteiger partial charge in [0.1, 0.15) is 5.75 Å². The maximum atomic E-state index is 12.1. The van der Waals surface area contributed by atoms with Gasteiger partial charge in [-0.2, -0.15) is 0 Å². The fraction of sp³-hybridized carbons (Fsp3) is 0.133. The van der Waals surface area contributed by atoms with E-state index in [1.165, 1.54) is 0 Å². The molecule has 0 radical (unpaired) electrons. The van der Waals surface area contributed by atoms with E-state index in [4.69, 9.17) is 16.3 Å². The number of hydrogen-bond donors (Lipinski definition) is 1. The molecule has 3 rings (SSSR count). The van der Waals surface area contributed by atoms with Crippen molar-refractivity contribution in [2.45, 2.75) is 6.42 Å². The van der Waals surface area contributed by atoms with E-state index in [1.54, 1.807) is 24.3 Å². The van der Waals surface area contributed by atoms with E-state index in [0.717, 1.165) is 23.4 Å². The third-order valence-electron chi connectivity index (χ3n) is 3.07. The average molecular weight is 274 g/mol. The molecule has 96 valence electrons. The fourth-order valence-corrected chi connectivity index (χ4v) is 2.24. The first kappa shape index (κ1) is 12.1. The topological polar surface area (TPSA) is 38.3 Å². The molecule has 2 aromatic rings. The van der Waals surface area contributed by atoms with Crippen LogP contribution in [0.3, 0.4) is 0 Å². The molecule has 1 amide bonds. The van der Waals surface area contributed by atoms with Crippen LogP contribution in [0.5, 0.6) is 5.75 Å². The minimum Gasteiger partial charge on any atom is -0.491 e. The van der Waals surface area contributed by atoms with Crippen LogP contribution in [-0.2, 0) is 6.42 Å². The normalized spacial score (nSPS) is 12.7. The van der Waals surface area contributed by atoms with Crippen molar-refractivity contribution in [2.75, 3.05) is 11.9 Å². The second-order valence-corrected chi connectivity index (χ2v) is 4.79. The molecule has 0 unspecified atom stereocenters. The highest BCUT2D eigenvalue weighted by atomic mass is 35.5. The minimum absolute atomic E-state index is 0.166. The molecule has 0 saturated heterocycles. The molecule has 4 heteroatoms. The summed E-state index contributed by atoms with van der Waals surface area (Å²) in [5.41, 5.74) is 2.42. The monoisotopic (exact) mass is 273 g/mol. The van der Waals surface area contributed by atoms with Crippen LogP contribution >= 0.6 is 11.6 Å². The third kappa shape index (κ3) is 2.42. The van der Waals surface area contributed by atoms with Crippen LogP contribution in [0.4, 0.5) is 5.69 Å². The number of halogens is 1. The van der Waals surface area contributed by atoms with Crippen LogP contribution in [0.15, 0.2) is 42.5 Å². The van der Waals surface area contributed by atoms with Gasteiger partial charge < -0.3 is 10.1 Å². The van der Waals surface area contributed by atoms with Crippen molar-refractivity contribution in [3.63, 3.8) is 0 Å². The summed E-state index contributed by atoms with van der Waals surface area (Å²) >= 11 is 5.80.